The fourth-order valence-corrected chi connectivity index (χ4v) is 2.93. The highest BCUT2D eigenvalue weighted by Gasteiger charge is 2.13. The normalized spacial score (nSPS) is 10.5. The van der Waals surface area contributed by atoms with Crippen LogP contribution in [0.4, 0.5) is 11.4 Å². The van der Waals surface area contributed by atoms with E-state index in [0.717, 1.165) is 16.8 Å². The van der Waals surface area contributed by atoms with Crippen molar-refractivity contribution in [1.29, 1.82) is 0 Å². The van der Waals surface area contributed by atoms with Gasteiger partial charge in [-0.25, -0.2) is 5.43 Å². The number of amides is 3. The fourth-order valence-electron chi connectivity index (χ4n) is 2.93. The van der Waals surface area contributed by atoms with Gasteiger partial charge in [0.2, 0.25) is 0 Å². The highest BCUT2D eigenvalue weighted by atomic mass is 16.5. The van der Waals surface area contributed by atoms with Crippen LogP contribution in [0.15, 0.2) is 71.8 Å². The maximum absolute atomic E-state index is 12.2. The number of aryl methyl sites for hydroxylation is 2. The lowest BCUT2D eigenvalue weighted by Crippen LogP contribution is -2.32. The van der Waals surface area contributed by atoms with Crippen molar-refractivity contribution in [2.75, 3.05) is 24.4 Å². The van der Waals surface area contributed by atoms with Gasteiger partial charge >= 0.3 is 11.8 Å². The number of anilines is 2. The summed E-state index contributed by atoms with van der Waals surface area (Å²) in [7, 11) is 1.53. The number of benzene rings is 3. The zero-order valence-electron chi connectivity index (χ0n) is 19.6. The topological polar surface area (TPSA) is 118 Å². The summed E-state index contributed by atoms with van der Waals surface area (Å²) in [6.07, 6.45) is 1.38. The van der Waals surface area contributed by atoms with E-state index in [0.29, 0.717) is 22.7 Å². The van der Waals surface area contributed by atoms with E-state index in [2.05, 4.69) is 21.2 Å². The van der Waals surface area contributed by atoms with Gasteiger partial charge in [0.25, 0.3) is 5.91 Å². The van der Waals surface area contributed by atoms with Crippen molar-refractivity contribution in [2.24, 2.45) is 5.10 Å². The Morgan fingerprint density at radius 2 is 1.54 bits per heavy atom. The number of carbonyl (C=O) groups excluding carboxylic acids is 3. The molecule has 0 aliphatic rings. The third-order valence-corrected chi connectivity index (χ3v) is 4.85. The van der Waals surface area contributed by atoms with Gasteiger partial charge < -0.3 is 20.1 Å². The molecule has 35 heavy (non-hydrogen) atoms. The standard InChI is InChI=1S/C26H26N4O5/c1-17-4-5-18(2)23(14-17)29-24(31)16-35-22-10-6-19(7-11-22)15-27-30-26(33)25(32)28-20-8-12-21(34-3)13-9-20/h4-15H,16H2,1-3H3,(H,28,32)(H,29,31)(H,30,33)/b27-15-. The summed E-state index contributed by atoms with van der Waals surface area (Å²) < 4.78 is 10.6. The number of hydrogen-bond acceptors (Lipinski definition) is 6. The minimum Gasteiger partial charge on any atom is -0.497 e. The minimum atomic E-state index is -0.910. The van der Waals surface area contributed by atoms with Gasteiger partial charge in [-0.15, -0.1) is 0 Å². The van der Waals surface area contributed by atoms with E-state index in [1.54, 1.807) is 48.5 Å². The van der Waals surface area contributed by atoms with Crippen LogP contribution in [0.3, 0.4) is 0 Å². The van der Waals surface area contributed by atoms with Crippen molar-refractivity contribution in [3.63, 3.8) is 0 Å². The number of nitrogens with zero attached hydrogens (tertiary/aromatic N) is 1. The molecule has 0 unspecified atom stereocenters. The van der Waals surface area contributed by atoms with E-state index in [-0.39, 0.29) is 12.5 Å². The predicted octanol–water partition coefficient (Wildman–Crippen LogP) is 3.42. The molecule has 9 nitrogen and oxygen atoms in total. The van der Waals surface area contributed by atoms with Gasteiger partial charge in [0.05, 0.1) is 13.3 Å². The van der Waals surface area contributed by atoms with Gasteiger partial charge in [-0.05, 0) is 85.1 Å². The summed E-state index contributed by atoms with van der Waals surface area (Å²) >= 11 is 0. The number of nitrogens with one attached hydrogen (secondary N) is 3. The van der Waals surface area contributed by atoms with Crippen LogP contribution in [0.1, 0.15) is 16.7 Å². The summed E-state index contributed by atoms with van der Waals surface area (Å²) in [6, 6.07) is 19.1. The highest BCUT2D eigenvalue weighted by Crippen LogP contribution is 2.17. The van der Waals surface area contributed by atoms with E-state index < -0.39 is 11.8 Å². The molecule has 0 heterocycles. The zero-order valence-corrected chi connectivity index (χ0v) is 19.6. The van der Waals surface area contributed by atoms with E-state index >= 15 is 0 Å². The van der Waals surface area contributed by atoms with E-state index in [1.807, 2.05) is 32.0 Å². The Morgan fingerprint density at radius 3 is 2.23 bits per heavy atom. The van der Waals surface area contributed by atoms with Crippen LogP contribution in [0.2, 0.25) is 0 Å². The molecule has 0 bridgehead atoms. The largest absolute Gasteiger partial charge is 0.497 e. The molecule has 3 aromatic carbocycles. The smallest absolute Gasteiger partial charge is 0.329 e. The second kappa shape index (κ2) is 12.0. The number of hydrogen-bond donors (Lipinski definition) is 3. The molecule has 0 aliphatic heterocycles. The van der Waals surface area contributed by atoms with Gasteiger partial charge in [0.15, 0.2) is 6.61 Å². The number of methoxy groups -OCH3 is 1. The predicted molar refractivity (Wildman–Crippen MR) is 134 cm³/mol. The molecule has 0 saturated carbocycles. The Kier molecular flexibility index (Phi) is 8.55. The van der Waals surface area contributed by atoms with Crippen LogP contribution in [0.25, 0.3) is 0 Å². The van der Waals surface area contributed by atoms with Crippen molar-refractivity contribution in [3.8, 4) is 11.5 Å². The molecule has 0 atom stereocenters. The third kappa shape index (κ3) is 7.71. The van der Waals surface area contributed by atoms with E-state index in [1.165, 1.54) is 13.3 Å². The second-order valence-corrected chi connectivity index (χ2v) is 7.61. The lowest BCUT2D eigenvalue weighted by molar-refractivity contribution is -0.136. The molecule has 3 rings (SSSR count). The average molecular weight is 475 g/mol. The van der Waals surface area contributed by atoms with Gasteiger partial charge in [-0.2, -0.15) is 5.10 Å². The molecule has 9 heteroatoms. The molecule has 0 spiro atoms. The Morgan fingerprint density at radius 1 is 0.857 bits per heavy atom. The first-order chi connectivity index (χ1) is 16.8. The van der Waals surface area contributed by atoms with E-state index in [9.17, 15) is 14.4 Å². The summed E-state index contributed by atoms with van der Waals surface area (Å²) in [6.45, 7) is 3.74. The molecule has 0 radical (unpaired) electrons. The van der Waals surface area contributed by atoms with Crippen molar-refractivity contribution in [3.05, 3.63) is 83.4 Å². The molecule has 3 amide bonds. The van der Waals surface area contributed by atoms with Gasteiger partial charge in [0.1, 0.15) is 11.5 Å². The van der Waals surface area contributed by atoms with Crippen molar-refractivity contribution >= 4 is 35.3 Å². The molecule has 180 valence electrons. The van der Waals surface area contributed by atoms with Crippen LogP contribution in [-0.2, 0) is 14.4 Å². The van der Waals surface area contributed by atoms with Gasteiger partial charge in [-0.1, -0.05) is 12.1 Å². The van der Waals surface area contributed by atoms with Crippen LogP contribution < -0.4 is 25.5 Å². The number of carbonyl (C=O) groups is 3. The molecule has 0 aromatic heterocycles. The number of rotatable bonds is 8. The average Bonchev–Trinajstić information content (AvgIpc) is 2.86. The monoisotopic (exact) mass is 474 g/mol. The zero-order chi connectivity index (χ0) is 25.2. The molecule has 0 fully saturated rings. The summed E-state index contributed by atoms with van der Waals surface area (Å²) in [5, 5.41) is 9.09. The minimum absolute atomic E-state index is 0.139. The molecule has 3 aromatic rings. The number of ether oxygens (including phenoxy) is 2. The second-order valence-electron chi connectivity index (χ2n) is 7.61. The van der Waals surface area contributed by atoms with Gasteiger partial charge in [-0.3, -0.25) is 14.4 Å². The fraction of sp³-hybridized carbons (Fsp3) is 0.154. The van der Waals surface area contributed by atoms with Crippen LogP contribution in [0, 0.1) is 13.8 Å². The highest BCUT2D eigenvalue weighted by molar-refractivity contribution is 6.39. The molecular formula is C26H26N4O5. The quantitative estimate of drug-likeness (QED) is 0.263. The summed E-state index contributed by atoms with van der Waals surface area (Å²) in [4.78, 5) is 36.1. The third-order valence-electron chi connectivity index (χ3n) is 4.85. The van der Waals surface area contributed by atoms with Crippen molar-refractivity contribution < 1.29 is 23.9 Å². The Balaban J connectivity index is 1.43. The molecule has 0 aliphatic carbocycles. The Bertz CT molecular complexity index is 1220. The van der Waals surface area contributed by atoms with Crippen LogP contribution in [0.5, 0.6) is 11.5 Å². The first-order valence-corrected chi connectivity index (χ1v) is 10.7. The maximum Gasteiger partial charge on any atom is 0.329 e. The summed E-state index contributed by atoms with van der Waals surface area (Å²) in [5.41, 5.74) is 6.06. The number of hydrazone groups is 1. The van der Waals surface area contributed by atoms with Crippen LogP contribution >= 0.6 is 0 Å². The first-order valence-electron chi connectivity index (χ1n) is 10.7. The maximum atomic E-state index is 12.2. The molecular weight excluding hydrogens is 448 g/mol. The Hall–Kier alpha value is -4.66. The lowest BCUT2D eigenvalue weighted by Gasteiger charge is -2.10. The Labute approximate surface area is 203 Å². The summed E-state index contributed by atoms with van der Waals surface area (Å²) in [5.74, 6) is -0.891. The van der Waals surface area contributed by atoms with Crippen LogP contribution in [-0.4, -0.2) is 37.7 Å². The van der Waals surface area contributed by atoms with Crippen molar-refractivity contribution in [1.82, 2.24) is 5.43 Å². The van der Waals surface area contributed by atoms with E-state index in [4.69, 9.17) is 9.47 Å². The molecule has 3 N–H and O–H groups in total. The lowest BCUT2D eigenvalue weighted by atomic mass is 10.1. The van der Waals surface area contributed by atoms with Crippen molar-refractivity contribution in [2.45, 2.75) is 13.8 Å². The first kappa shape index (κ1) is 25.0. The van der Waals surface area contributed by atoms with Gasteiger partial charge in [0, 0.05) is 11.4 Å². The SMILES string of the molecule is COc1ccc(NC(=O)C(=O)N/N=C\c2ccc(OCC(=O)Nc3cc(C)ccc3C)cc2)cc1. The molecule has 0 saturated heterocycles.